The van der Waals surface area contributed by atoms with Crippen LogP contribution in [0.25, 0.3) is 0 Å². The Labute approximate surface area is 79.5 Å². The van der Waals surface area contributed by atoms with E-state index in [0.29, 0.717) is 0 Å². The Bertz CT molecular complexity index is 232. The molecule has 0 aromatic heterocycles. The van der Waals surface area contributed by atoms with E-state index >= 15 is 0 Å². The molecule has 3 nitrogen and oxygen atoms in total. The van der Waals surface area contributed by atoms with Gasteiger partial charge in [-0.15, -0.1) is 0 Å². The molecule has 14 heavy (non-hydrogen) atoms. The van der Waals surface area contributed by atoms with Gasteiger partial charge in [-0.05, 0) is 6.92 Å². The summed E-state index contributed by atoms with van der Waals surface area (Å²) in [5, 5.41) is 8.14. The van der Waals surface area contributed by atoms with Crippen molar-refractivity contribution in [3.05, 3.63) is 0 Å². The first-order valence-electron chi connectivity index (χ1n) is 4.01. The van der Waals surface area contributed by atoms with Crippen LogP contribution >= 0.6 is 0 Å². The summed E-state index contributed by atoms with van der Waals surface area (Å²) < 4.78 is 40.8. The average Bonchev–Trinajstić information content (AvgIpc) is 2.02. The van der Waals surface area contributed by atoms with Crippen LogP contribution in [0.3, 0.4) is 0 Å². The Hall–Kier alpha value is -1.25. The number of carbonyl (C=O) groups excluding carboxylic acids is 1. The standard InChI is InChI=1S/C8H10F3NO2/c1-2-14-7(13)5-6(3-4-12)8(9,10)11/h6H,2-3,5H2,1H3. The molecule has 0 bridgehead atoms. The highest BCUT2D eigenvalue weighted by Gasteiger charge is 2.40. The van der Waals surface area contributed by atoms with Gasteiger partial charge in [0.15, 0.2) is 0 Å². The second-order valence-corrected chi connectivity index (χ2v) is 2.61. The quantitative estimate of drug-likeness (QED) is 0.665. The Morgan fingerprint density at radius 1 is 1.57 bits per heavy atom. The molecule has 6 heteroatoms. The minimum absolute atomic E-state index is 0.0377. The number of hydrogen-bond donors (Lipinski definition) is 0. The molecule has 0 N–H and O–H groups in total. The third kappa shape index (κ3) is 4.70. The molecule has 1 atom stereocenters. The molecule has 0 saturated heterocycles. The Morgan fingerprint density at radius 2 is 2.14 bits per heavy atom. The van der Waals surface area contributed by atoms with E-state index in [1.54, 1.807) is 0 Å². The Kier molecular flexibility index (Phi) is 4.99. The molecule has 1 unspecified atom stereocenters. The summed E-state index contributed by atoms with van der Waals surface area (Å²) in [6.07, 6.45) is -6.03. The fraction of sp³-hybridized carbons (Fsp3) is 0.750. The van der Waals surface area contributed by atoms with Crippen molar-refractivity contribution in [2.24, 2.45) is 5.92 Å². The van der Waals surface area contributed by atoms with Crippen molar-refractivity contribution in [2.45, 2.75) is 25.9 Å². The Morgan fingerprint density at radius 3 is 2.50 bits per heavy atom. The van der Waals surface area contributed by atoms with Gasteiger partial charge in [0.05, 0.1) is 25.0 Å². The lowest BCUT2D eigenvalue weighted by Gasteiger charge is -2.16. The highest BCUT2D eigenvalue weighted by molar-refractivity contribution is 5.69. The first-order valence-corrected chi connectivity index (χ1v) is 4.01. The van der Waals surface area contributed by atoms with E-state index in [1.807, 2.05) is 0 Å². The summed E-state index contributed by atoms with van der Waals surface area (Å²) in [6.45, 7) is 1.54. The monoisotopic (exact) mass is 209 g/mol. The number of nitriles is 1. The predicted octanol–water partition coefficient (Wildman–Crippen LogP) is 2.03. The van der Waals surface area contributed by atoms with E-state index in [9.17, 15) is 18.0 Å². The minimum atomic E-state index is -4.53. The number of hydrogen-bond acceptors (Lipinski definition) is 3. The number of esters is 1. The first-order chi connectivity index (χ1) is 6.41. The molecular weight excluding hydrogens is 199 g/mol. The van der Waals surface area contributed by atoms with Crippen LogP contribution in [0.2, 0.25) is 0 Å². The van der Waals surface area contributed by atoms with Crippen molar-refractivity contribution >= 4 is 5.97 Å². The van der Waals surface area contributed by atoms with Crippen molar-refractivity contribution in [1.29, 1.82) is 5.26 Å². The molecular formula is C8H10F3NO2. The van der Waals surface area contributed by atoms with E-state index < -0.39 is 30.9 Å². The molecule has 0 aliphatic carbocycles. The van der Waals surface area contributed by atoms with Gasteiger partial charge in [0.1, 0.15) is 0 Å². The van der Waals surface area contributed by atoms with Gasteiger partial charge in [0, 0.05) is 6.42 Å². The topological polar surface area (TPSA) is 50.1 Å². The maximum absolute atomic E-state index is 12.1. The summed E-state index contributed by atoms with van der Waals surface area (Å²) >= 11 is 0. The number of alkyl halides is 3. The van der Waals surface area contributed by atoms with E-state index in [0.717, 1.165) is 0 Å². The van der Waals surface area contributed by atoms with Crippen LogP contribution in [-0.2, 0) is 9.53 Å². The van der Waals surface area contributed by atoms with Crippen LogP contribution in [0.15, 0.2) is 0 Å². The zero-order valence-corrected chi connectivity index (χ0v) is 7.60. The van der Waals surface area contributed by atoms with Gasteiger partial charge in [0.2, 0.25) is 0 Å². The van der Waals surface area contributed by atoms with Crippen LogP contribution in [0.5, 0.6) is 0 Å². The highest BCUT2D eigenvalue weighted by Crippen LogP contribution is 2.31. The number of nitrogens with zero attached hydrogens (tertiary/aromatic N) is 1. The van der Waals surface area contributed by atoms with Crippen molar-refractivity contribution in [2.75, 3.05) is 6.61 Å². The number of halogens is 3. The lowest BCUT2D eigenvalue weighted by molar-refractivity contribution is -0.183. The minimum Gasteiger partial charge on any atom is -0.466 e. The molecule has 0 aliphatic rings. The van der Waals surface area contributed by atoms with Crippen molar-refractivity contribution < 1.29 is 22.7 Å². The summed E-state index contributed by atoms with van der Waals surface area (Å²) in [6, 6.07) is 1.39. The molecule has 0 spiro atoms. The predicted molar refractivity (Wildman–Crippen MR) is 41.0 cm³/mol. The summed E-state index contributed by atoms with van der Waals surface area (Å²) in [7, 11) is 0. The smallest absolute Gasteiger partial charge is 0.393 e. The molecule has 0 heterocycles. The van der Waals surface area contributed by atoms with Gasteiger partial charge < -0.3 is 4.74 Å². The van der Waals surface area contributed by atoms with Crippen LogP contribution in [0.1, 0.15) is 19.8 Å². The normalized spacial score (nSPS) is 13.1. The number of carbonyl (C=O) groups is 1. The second-order valence-electron chi connectivity index (χ2n) is 2.61. The van der Waals surface area contributed by atoms with Crippen molar-refractivity contribution in [3.63, 3.8) is 0 Å². The molecule has 0 aliphatic heterocycles. The van der Waals surface area contributed by atoms with Gasteiger partial charge in [-0.25, -0.2) is 0 Å². The van der Waals surface area contributed by atoms with E-state index in [1.165, 1.54) is 13.0 Å². The SMILES string of the molecule is CCOC(=O)CC(CC#N)C(F)(F)F. The third-order valence-corrected chi connectivity index (χ3v) is 1.52. The van der Waals surface area contributed by atoms with E-state index in [2.05, 4.69) is 4.74 Å². The number of ether oxygens (including phenoxy) is 1. The van der Waals surface area contributed by atoms with Gasteiger partial charge in [-0.2, -0.15) is 18.4 Å². The molecule has 0 amide bonds. The summed E-state index contributed by atoms with van der Waals surface area (Å²) in [4.78, 5) is 10.7. The number of rotatable bonds is 4. The van der Waals surface area contributed by atoms with E-state index in [-0.39, 0.29) is 6.61 Å². The second kappa shape index (κ2) is 5.47. The maximum atomic E-state index is 12.1. The largest absolute Gasteiger partial charge is 0.466 e. The van der Waals surface area contributed by atoms with Crippen LogP contribution < -0.4 is 0 Å². The lowest BCUT2D eigenvalue weighted by Crippen LogP contribution is -2.26. The zero-order chi connectivity index (χ0) is 11.2. The van der Waals surface area contributed by atoms with Gasteiger partial charge in [0.25, 0.3) is 0 Å². The summed E-state index contributed by atoms with van der Waals surface area (Å²) in [5.41, 5.74) is 0. The summed E-state index contributed by atoms with van der Waals surface area (Å²) in [5.74, 6) is -2.85. The van der Waals surface area contributed by atoms with Gasteiger partial charge >= 0.3 is 12.1 Å². The van der Waals surface area contributed by atoms with Crippen LogP contribution in [-0.4, -0.2) is 18.8 Å². The molecule has 0 radical (unpaired) electrons. The molecule has 0 fully saturated rings. The molecule has 80 valence electrons. The molecule has 0 rings (SSSR count). The zero-order valence-electron chi connectivity index (χ0n) is 7.60. The van der Waals surface area contributed by atoms with Crippen LogP contribution in [0.4, 0.5) is 13.2 Å². The van der Waals surface area contributed by atoms with Gasteiger partial charge in [-0.3, -0.25) is 4.79 Å². The average molecular weight is 209 g/mol. The third-order valence-electron chi connectivity index (χ3n) is 1.52. The lowest BCUT2D eigenvalue weighted by atomic mass is 10.0. The highest BCUT2D eigenvalue weighted by atomic mass is 19.4. The molecule has 0 aromatic rings. The fourth-order valence-corrected chi connectivity index (χ4v) is 0.835. The van der Waals surface area contributed by atoms with Crippen molar-refractivity contribution in [1.82, 2.24) is 0 Å². The Balaban J connectivity index is 4.25. The van der Waals surface area contributed by atoms with Crippen molar-refractivity contribution in [3.8, 4) is 6.07 Å². The molecule has 0 aromatic carbocycles. The fourth-order valence-electron chi connectivity index (χ4n) is 0.835. The van der Waals surface area contributed by atoms with Crippen LogP contribution in [0, 0.1) is 17.2 Å². The van der Waals surface area contributed by atoms with E-state index in [4.69, 9.17) is 5.26 Å². The molecule has 0 saturated carbocycles. The first kappa shape index (κ1) is 12.8. The maximum Gasteiger partial charge on any atom is 0.393 e. The van der Waals surface area contributed by atoms with Gasteiger partial charge in [-0.1, -0.05) is 0 Å².